The first-order chi connectivity index (χ1) is 18.4. The molecule has 2 N–H and O–H groups in total. The van der Waals surface area contributed by atoms with Crippen LogP contribution in [-0.2, 0) is 4.79 Å². The van der Waals surface area contributed by atoms with Gasteiger partial charge in [-0.3, -0.25) is 9.69 Å². The molecule has 38 heavy (non-hydrogen) atoms. The van der Waals surface area contributed by atoms with Gasteiger partial charge in [-0.05, 0) is 25.0 Å². The zero-order chi connectivity index (χ0) is 26.4. The van der Waals surface area contributed by atoms with Gasteiger partial charge in [-0.1, -0.05) is 11.6 Å². The molecule has 0 spiro atoms. The predicted molar refractivity (Wildman–Crippen MR) is 141 cm³/mol. The number of anilines is 4. The van der Waals surface area contributed by atoms with E-state index in [9.17, 15) is 15.3 Å². The Hall–Kier alpha value is -4.13. The molecule has 0 bridgehead atoms. The fourth-order valence-electron chi connectivity index (χ4n) is 4.92. The summed E-state index contributed by atoms with van der Waals surface area (Å²) in [7, 11) is 0. The predicted octanol–water partition coefficient (Wildman–Crippen LogP) is 2.19. The molecule has 2 aliphatic heterocycles. The standard InChI is InChI=1S/C25H26ClN11O/c1-15(38)36-13-19(14-36)34-4-6-35(7-5-34)21-9-16(10-27)8-20(22(21)26)31-25-32-23(30-17-2-3-17)24-29-12-18(11-28)37(24)33-25/h8-9,12,17,19H,2-7,13-14H2,1H3,(H2,30,31,32,33). The van der Waals surface area contributed by atoms with Gasteiger partial charge in [0, 0.05) is 58.3 Å². The Bertz CT molecular complexity index is 1490. The van der Waals surface area contributed by atoms with E-state index in [-0.39, 0.29) is 17.5 Å². The van der Waals surface area contributed by atoms with Crippen molar-refractivity contribution in [1.82, 2.24) is 29.4 Å². The summed E-state index contributed by atoms with van der Waals surface area (Å²) in [6, 6.07) is 8.52. The first-order valence-corrected chi connectivity index (χ1v) is 13.0. The molecule has 0 unspecified atom stereocenters. The van der Waals surface area contributed by atoms with Gasteiger partial charge in [0.05, 0.1) is 34.2 Å². The second-order valence-corrected chi connectivity index (χ2v) is 10.3. The van der Waals surface area contributed by atoms with E-state index in [1.807, 2.05) is 4.90 Å². The zero-order valence-electron chi connectivity index (χ0n) is 20.9. The van der Waals surface area contributed by atoms with Crippen LogP contribution in [0.25, 0.3) is 5.65 Å². The van der Waals surface area contributed by atoms with E-state index in [4.69, 9.17) is 11.6 Å². The first kappa shape index (κ1) is 24.2. The number of halogens is 1. The third-order valence-electron chi connectivity index (χ3n) is 7.30. The lowest BCUT2D eigenvalue weighted by Crippen LogP contribution is -2.64. The number of nitriles is 2. The van der Waals surface area contributed by atoms with Crippen LogP contribution in [0.4, 0.5) is 23.1 Å². The first-order valence-electron chi connectivity index (χ1n) is 12.6. The minimum atomic E-state index is 0.121. The van der Waals surface area contributed by atoms with Crippen molar-refractivity contribution >= 4 is 46.3 Å². The summed E-state index contributed by atoms with van der Waals surface area (Å²) in [5, 5.41) is 30.7. The molecule has 3 fully saturated rings. The average Bonchev–Trinajstić information content (AvgIpc) is 3.60. The van der Waals surface area contributed by atoms with Crippen LogP contribution in [0.5, 0.6) is 0 Å². The molecule has 1 amide bonds. The second-order valence-electron chi connectivity index (χ2n) is 9.89. The van der Waals surface area contributed by atoms with E-state index in [0.29, 0.717) is 39.8 Å². The fourth-order valence-corrected chi connectivity index (χ4v) is 5.19. The molecule has 1 saturated carbocycles. The Kier molecular flexibility index (Phi) is 6.14. The lowest BCUT2D eigenvalue weighted by molar-refractivity contribution is -0.136. The van der Waals surface area contributed by atoms with Crippen LogP contribution < -0.4 is 15.5 Å². The highest BCUT2D eigenvalue weighted by atomic mass is 35.5. The number of imidazole rings is 1. The molecule has 6 rings (SSSR count). The number of aromatic nitrogens is 4. The molecule has 194 valence electrons. The molecule has 12 nitrogen and oxygen atoms in total. The van der Waals surface area contributed by atoms with Gasteiger partial charge in [0.2, 0.25) is 11.9 Å². The highest BCUT2D eigenvalue weighted by Crippen LogP contribution is 2.37. The van der Waals surface area contributed by atoms with E-state index in [2.05, 4.69) is 47.6 Å². The SMILES string of the molecule is CC(=O)N1CC(N2CCN(c3cc(C#N)cc(Nc4nc(NC5CC5)c5ncc(C#N)n5n4)c3Cl)CC2)C1. The minimum Gasteiger partial charge on any atom is -0.368 e. The molecular formula is C25H26ClN11O. The number of carbonyl (C=O) groups is 1. The smallest absolute Gasteiger partial charge is 0.247 e. The Morgan fingerprint density at radius 1 is 1.13 bits per heavy atom. The highest BCUT2D eigenvalue weighted by molar-refractivity contribution is 6.36. The number of nitrogens with zero attached hydrogens (tertiary/aromatic N) is 9. The van der Waals surface area contributed by atoms with Gasteiger partial charge in [0.1, 0.15) is 6.07 Å². The summed E-state index contributed by atoms with van der Waals surface area (Å²) in [5.74, 6) is 0.896. The number of fused-ring (bicyclic) bond motifs is 1. The van der Waals surface area contributed by atoms with Crippen LogP contribution in [0.1, 0.15) is 31.0 Å². The van der Waals surface area contributed by atoms with E-state index in [0.717, 1.165) is 57.8 Å². The van der Waals surface area contributed by atoms with Gasteiger partial charge < -0.3 is 20.4 Å². The minimum absolute atomic E-state index is 0.121. The van der Waals surface area contributed by atoms with E-state index < -0.39 is 0 Å². The summed E-state index contributed by atoms with van der Waals surface area (Å²) in [6.07, 6.45) is 3.56. The van der Waals surface area contributed by atoms with Gasteiger partial charge in [0.15, 0.2) is 17.2 Å². The fraction of sp³-hybridized carbons (Fsp3) is 0.440. The Morgan fingerprint density at radius 2 is 1.89 bits per heavy atom. The van der Waals surface area contributed by atoms with Gasteiger partial charge in [-0.15, -0.1) is 5.10 Å². The topological polar surface area (TPSA) is 142 Å². The summed E-state index contributed by atoms with van der Waals surface area (Å²) in [4.78, 5) is 26.9. The lowest BCUT2D eigenvalue weighted by Gasteiger charge is -2.48. The van der Waals surface area contributed by atoms with E-state index in [1.54, 1.807) is 19.1 Å². The molecule has 3 aliphatic rings. The Labute approximate surface area is 224 Å². The van der Waals surface area contributed by atoms with Gasteiger partial charge in [-0.2, -0.15) is 20.0 Å². The molecule has 13 heteroatoms. The molecule has 4 heterocycles. The number of hydrogen-bond donors (Lipinski definition) is 2. The number of hydrogen-bond acceptors (Lipinski definition) is 10. The molecule has 2 saturated heterocycles. The third kappa shape index (κ3) is 4.53. The highest BCUT2D eigenvalue weighted by Gasteiger charge is 2.35. The van der Waals surface area contributed by atoms with Gasteiger partial charge in [0.25, 0.3) is 0 Å². The Morgan fingerprint density at radius 3 is 2.55 bits per heavy atom. The van der Waals surface area contributed by atoms with Gasteiger partial charge in [-0.25, -0.2) is 4.98 Å². The molecule has 1 aliphatic carbocycles. The summed E-state index contributed by atoms with van der Waals surface area (Å²) in [5.41, 5.74) is 2.51. The maximum Gasteiger partial charge on any atom is 0.247 e. The molecule has 0 atom stereocenters. The largest absolute Gasteiger partial charge is 0.368 e. The number of rotatable bonds is 6. The Balaban J connectivity index is 1.24. The van der Waals surface area contributed by atoms with Crippen molar-refractivity contribution in [3.8, 4) is 12.1 Å². The molecular weight excluding hydrogens is 506 g/mol. The van der Waals surface area contributed by atoms with Crippen LogP contribution in [0, 0.1) is 22.7 Å². The monoisotopic (exact) mass is 531 g/mol. The third-order valence-corrected chi connectivity index (χ3v) is 7.70. The van der Waals surface area contributed by atoms with Crippen molar-refractivity contribution in [2.45, 2.75) is 31.8 Å². The average molecular weight is 532 g/mol. The van der Waals surface area contributed by atoms with Crippen molar-refractivity contribution in [3.63, 3.8) is 0 Å². The second kappa shape index (κ2) is 9.63. The molecule has 2 aromatic heterocycles. The maximum absolute atomic E-state index is 11.5. The van der Waals surface area contributed by atoms with Crippen LogP contribution in [-0.4, -0.2) is 86.6 Å². The summed E-state index contributed by atoms with van der Waals surface area (Å²) < 4.78 is 1.45. The van der Waals surface area contributed by atoms with E-state index >= 15 is 0 Å². The van der Waals surface area contributed by atoms with Crippen molar-refractivity contribution < 1.29 is 4.79 Å². The van der Waals surface area contributed by atoms with Crippen LogP contribution in [0.2, 0.25) is 5.02 Å². The molecule has 3 aromatic rings. The maximum atomic E-state index is 11.5. The molecule has 0 radical (unpaired) electrons. The normalized spacial score (nSPS) is 18.1. The molecule has 1 aromatic carbocycles. The lowest BCUT2D eigenvalue weighted by atomic mass is 10.1. The number of likely N-dealkylation sites (tertiary alicyclic amines) is 1. The van der Waals surface area contributed by atoms with Gasteiger partial charge >= 0.3 is 0 Å². The number of carbonyl (C=O) groups excluding carboxylic acids is 1. The number of amides is 1. The van der Waals surface area contributed by atoms with E-state index in [1.165, 1.54) is 10.7 Å². The number of nitrogens with one attached hydrogen (secondary N) is 2. The number of benzene rings is 1. The zero-order valence-corrected chi connectivity index (χ0v) is 21.6. The van der Waals surface area contributed by atoms with Crippen LogP contribution in [0.3, 0.4) is 0 Å². The summed E-state index contributed by atoms with van der Waals surface area (Å²) >= 11 is 6.89. The van der Waals surface area contributed by atoms with Crippen LogP contribution in [0.15, 0.2) is 18.3 Å². The van der Waals surface area contributed by atoms with Crippen molar-refractivity contribution in [1.29, 1.82) is 10.5 Å². The van der Waals surface area contributed by atoms with Crippen LogP contribution >= 0.6 is 11.6 Å². The van der Waals surface area contributed by atoms with Crippen molar-refractivity contribution in [3.05, 3.63) is 34.6 Å². The van der Waals surface area contributed by atoms with Crippen molar-refractivity contribution in [2.24, 2.45) is 0 Å². The summed E-state index contributed by atoms with van der Waals surface area (Å²) in [6.45, 7) is 6.36. The number of piperazine rings is 1. The van der Waals surface area contributed by atoms with Crippen molar-refractivity contribution in [2.75, 3.05) is 54.8 Å². The quantitative estimate of drug-likeness (QED) is 0.486.